The molecule has 0 radical (unpaired) electrons. The topological polar surface area (TPSA) is 171 Å². The maximum absolute atomic E-state index is 12.4. The molecule has 2 aliphatic heterocycles. The van der Waals surface area contributed by atoms with Gasteiger partial charge in [0.05, 0.1) is 0 Å². The van der Waals surface area contributed by atoms with Crippen molar-refractivity contribution < 1.29 is 24.7 Å². The molecule has 1 fully saturated rings. The number of carboxylic acids is 1. The number of thioether (sulfide) groups is 1. The number of thiazole rings is 1. The highest BCUT2D eigenvalue weighted by molar-refractivity contribution is 8.00. The molecule has 2 atom stereocenters. The largest absolute Gasteiger partial charge is 0.477 e. The lowest BCUT2D eigenvalue weighted by molar-refractivity contribution is -0.150. The minimum atomic E-state index is -1.24. The summed E-state index contributed by atoms with van der Waals surface area (Å²) in [5.41, 5.74) is 5.49. The minimum absolute atomic E-state index is 0.0764. The van der Waals surface area contributed by atoms with Crippen LogP contribution in [0.25, 0.3) is 0 Å². The maximum atomic E-state index is 12.4. The van der Waals surface area contributed by atoms with E-state index in [-0.39, 0.29) is 22.2 Å². The van der Waals surface area contributed by atoms with Crippen molar-refractivity contribution in [3.8, 4) is 0 Å². The van der Waals surface area contributed by atoms with Crippen LogP contribution in [0.2, 0.25) is 0 Å². The number of carbonyl (C=O) groups excluding carboxylic acids is 2. The Morgan fingerprint density at radius 3 is 2.53 bits per heavy atom. The van der Waals surface area contributed by atoms with Crippen molar-refractivity contribution in [3.63, 3.8) is 0 Å². The summed E-state index contributed by atoms with van der Waals surface area (Å²) in [7, 11) is 0. The molecule has 0 aliphatic carbocycles. The molecule has 0 aromatic carbocycles. The highest BCUT2D eigenvalue weighted by atomic mass is 32.2. The Bertz CT molecular complexity index is 1070. The van der Waals surface area contributed by atoms with Crippen LogP contribution in [0.1, 0.15) is 5.69 Å². The van der Waals surface area contributed by atoms with E-state index in [2.05, 4.69) is 27.0 Å². The first-order valence-corrected chi connectivity index (χ1v) is 10.9. The second kappa shape index (κ2) is 10.1. The molecule has 5 N–H and O–H groups in total. The van der Waals surface area contributed by atoms with Crippen LogP contribution in [0.15, 0.2) is 65.1 Å². The van der Waals surface area contributed by atoms with Gasteiger partial charge in [-0.05, 0) is 17.7 Å². The number of rotatable bonds is 5. The second-order valence-corrected chi connectivity index (χ2v) is 8.28. The summed E-state index contributed by atoms with van der Waals surface area (Å²) in [6.07, 6.45) is 4.90. The molecule has 13 heteroatoms. The fourth-order valence-electron chi connectivity index (χ4n) is 2.93. The van der Waals surface area contributed by atoms with Gasteiger partial charge in [-0.1, -0.05) is 23.9 Å². The number of nitrogen functional groups attached to an aromatic ring is 1. The molecule has 4 heterocycles. The summed E-state index contributed by atoms with van der Waals surface area (Å²) < 4.78 is 0. The first kappa shape index (κ1) is 23.0. The molecule has 11 nitrogen and oxygen atoms in total. The zero-order valence-corrected chi connectivity index (χ0v) is 18.0. The summed E-state index contributed by atoms with van der Waals surface area (Å²) in [5, 5.41) is 24.9. The Labute approximate surface area is 190 Å². The zero-order valence-electron chi connectivity index (χ0n) is 16.4. The number of oxime groups is 1. The van der Waals surface area contributed by atoms with Crippen molar-refractivity contribution in [2.75, 3.05) is 11.5 Å². The Kier molecular flexibility index (Phi) is 7.22. The number of allylic oxidation sites excluding steroid dienone is 1. The third-order valence-electron chi connectivity index (χ3n) is 4.38. The van der Waals surface area contributed by atoms with Crippen LogP contribution in [0.4, 0.5) is 5.13 Å². The van der Waals surface area contributed by atoms with Gasteiger partial charge in [0.15, 0.2) is 10.8 Å². The van der Waals surface area contributed by atoms with Crippen LogP contribution in [-0.4, -0.2) is 65.8 Å². The van der Waals surface area contributed by atoms with Gasteiger partial charge in [-0.3, -0.25) is 19.5 Å². The number of fused-ring (bicyclic) bond motifs is 1. The number of nitrogens with zero attached hydrogens (tertiary/aromatic N) is 4. The molecule has 2 aromatic rings. The van der Waals surface area contributed by atoms with E-state index in [0.717, 1.165) is 16.2 Å². The lowest BCUT2D eigenvalue weighted by Gasteiger charge is -2.49. The van der Waals surface area contributed by atoms with E-state index in [1.807, 2.05) is 18.2 Å². The maximum Gasteiger partial charge on any atom is 0.352 e. The van der Waals surface area contributed by atoms with Crippen molar-refractivity contribution >= 4 is 51.7 Å². The number of aromatic nitrogens is 2. The molecular weight excluding hydrogens is 456 g/mol. The van der Waals surface area contributed by atoms with Crippen LogP contribution in [0, 0.1) is 0 Å². The molecule has 0 bridgehead atoms. The van der Waals surface area contributed by atoms with Gasteiger partial charge in [-0.25, -0.2) is 9.78 Å². The highest BCUT2D eigenvalue weighted by Crippen LogP contribution is 2.40. The number of carbonyl (C=O) groups is 3. The third-order valence-corrected chi connectivity index (χ3v) is 6.36. The SMILES string of the molecule is C=CC1=C(C(=O)O)N2C(=O)[C@@H](NC(=O)/C(=N\O)c3csc(N)n3)[C@H]2SC1.c1ccncc1. The molecule has 166 valence electrons. The summed E-state index contributed by atoms with van der Waals surface area (Å²) in [6.45, 7) is 3.56. The van der Waals surface area contributed by atoms with Gasteiger partial charge in [-0.15, -0.1) is 23.1 Å². The number of amides is 2. The highest BCUT2D eigenvalue weighted by Gasteiger charge is 2.54. The van der Waals surface area contributed by atoms with E-state index in [0.29, 0.717) is 11.3 Å². The van der Waals surface area contributed by atoms with Crippen molar-refractivity contribution in [3.05, 3.63) is 65.6 Å². The number of aliphatic carboxylic acids is 1. The van der Waals surface area contributed by atoms with Gasteiger partial charge < -0.3 is 21.4 Å². The molecule has 0 spiro atoms. The monoisotopic (exact) mass is 474 g/mol. The van der Waals surface area contributed by atoms with Crippen LogP contribution in [0.3, 0.4) is 0 Å². The normalized spacial score (nSPS) is 19.8. The summed E-state index contributed by atoms with van der Waals surface area (Å²) in [5.74, 6) is -2.27. The predicted molar refractivity (Wildman–Crippen MR) is 119 cm³/mol. The Hall–Kier alpha value is -3.71. The minimum Gasteiger partial charge on any atom is -0.477 e. The van der Waals surface area contributed by atoms with Gasteiger partial charge in [0.2, 0.25) is 0 Å². The van der Waals surface area contributed by atoms with Crippen LogP contribution < -0.4 is 11.1 Å². The number of anilines is 1. The average molecular weight is 475 g/mol. The number of nitrogens with two attached hydrogens (primary N) is 1. The lowest BCUT2D eigenvalue weighted by Crippen LogP contribution is -2.71. The number of hydrogen-bond acceptors (Lipinski definition) is 10. The average Bonchev–Trinajstić information content (AvgIpc) is 3.23. The first-order chi connectivity index (χ1) is 15.4. The Balaban J connectivity index is 0.000000416. The molecule has 32 heavy (non-hydrogen) atoms. The lowest BCUT2D eigenvalue weighted by atomic mass is 10.0. The smallest absolute Gasteiger partial charge is 0.352 e. The summed E-state index contributed by atoms with van der Waals surface area (Å²) in [6, 6.07) is 4.77. The van der Waals surface area contributed by atoms with Crippen molar-refractivity contribution in [2.45, 2.75) is 11.4 Å². The van der Waals surface area contributed by atoms with E-state index in [1.54, 1.807) is 12.4 Å². The molecule has 1 saturated heterocycles. The van der Waals surface area contributed by atoms with Crippen molar-refractivity contribution in [1.29, 1.82) is 0 Å². The fraction of sp³-hybridized carbons (Fsp3) is 0.158. The second-order valence-electron chi connectivity index (χ2n) is 6.29. The van der Waals surface area contributed by atoms with E-state index >= 15 is 0 Å². The quantitative estimate of drug-likeness (QED) is 0.213. The first-order valence-electron chi connectivity index (χ1n) is 9.01. The molecule has 2 amide bonds. The molecule has 4 rings (SSSR count). The van der Waals surface area contributed by atoms with E-state index in [1.165, 1.54) is 23.2 Å². The standard InChI is InChI=1S/C14H13N5O5S2.C5H5N/c1-2-5-3-25-12-8(11(21)19(12)9(5)13(22)23)17-10(20)7(18-24)6-4-26-14(15)16-6;1-2-4-6-5-3-1/h2,4,8,12,24H,1,3H2,(H2,15,16)(H,17,20)(H,22,23);1-5H/b18-7-;/t8-,12-;/m1./s1. The summed E-state index contributed by atoms with van der Waals surface area (Å²) in [4.78, 5) is 45.0. The van der Waals surface area contributed by atoms with Gasteiger partial charge in [0.1, 0.15) is 22.8 Å². The van der Waals surface area contributed by atoms with Crippen LogP contribution in [-0.2, 0) is 14.4 Å². The van der Waals surface area contributed by atoms with Gasteiger partial charge in [0.25, 0.3) is 11.8 Å². The summed E-state index contributed by atoms with van der Waals surface area (Å²) >= 11 is 2.37. The molecule has 0 unspecified atom stereocenters. The van der Waals surface area contributed by atoms with Gasteiger partial charge >= 0.3 is 5.97 Å². The van der Waals surface area contributed by atoms with E-state index in [9.17, 15) is 19.5 Å². The predicted octanol–water partition coefficient (Wildman–Crippen LogP) is 0.910. The Morgan fingerprint density at radius 2 is 2.06 bits per heavy atom. The molecule has 2 aromatic heterocycles. The third kappa shape index (κ3) is 4.63. The van der Waals surface area contributed by atoms with E-state index in [4.69, 9.17) is 10.9 Å². The number of nitrogens with one attached hydrogen (secondary N) is 1. The van der Waals surface area contributed by atoms with Gasteiger partial charge in [-0.2, -0.15) is 0 Å². The number of β-lactam (4-membered cyclic amide) rings is 1. The van der Waals surface area contributed by atoms with Crippen LogP contribution in [0.5, 0.6) is 0 Å². The molecule has 0 saturated carbocycles. The molecular formula is C19H18N6O5S2. The fourth-order valence-corrected chi connectivity index (χ4v) is 4.82. The zero-order chi connectivity index (χ0) is 23.3. The number of hydrogen-bond donors (Lipinski definition) is 4. The van der Waals surface area contributed by atoms with Crippen LogP contribution >= 0.6 is 23.1 Å². The van der Waals surface area contributed by atoms with Crippen molar-refractivity contribution in [2.24, 2.45) is 5.16 Å². The van der Waals surface area contributed by atoms with E-state index < -0.39 is 29.2 Å². The number of pyridine rings is 1. The van der Waals surface area contributed by atoms with Crippen molar-refractivity contribution in [1.82, 2.24) is 20.2 Å². The van der Waals surface area contributed by atoms with Gasteiger partial charge in [0, 0.05) is 23.5 Å². The molecule has 2 aliphatic rings. The Morgan fingerprint density at radius 1 is 1.34 bits per heavy atom. The number of carboxylic acid groups (broad SMARTS) is 1.